The van der Waals surface area contributed by atoms with E-state index in [1.165, 1.54) is 65.3 Å². The molecule has 0 fully saturated rings. The summed E-state index contributed by atoms with van der Waals surface area (Å²) in [6, 6.07) is 65.8. The zero-order valence-electron chi connectivity index (χ0n) is 29.1. The molecule has 0 saturated carbocycles. The van der Waals surface area contributed by atoms with Gasteiger partial charge in [0.25, 0.3) is 0 Å². The van der Waals surface area contributed by atoms with Crippen LogP contribution in [0.2, 0.25) is 0 Å². The van der Waals surface area contributed by atoms with Gasteiger partial charge in [-0.25, -0.2) is 0 Å². The van der Waals surface area contributed by atoms with E-state index >= 15 is 0 Å². The van der Waals surface area contributed by atoms with E-state index in [1.54, 1.807) is 0 Å². The van der Waals surface area contributed by atoms with Crippen LogP contribution in [0.25, 0.3) is 120 Å². The van der Waals surface area contributed by atoms with Crippen molar-refractivity contribution < 1.29 is 8.83 Å². The summed E-state index contributed by atoms with van der Waals surface area (Å²) in [7, 11) is 0. The van der Waals surface area contributed by atoms with Gasteiger partial charge in [-0.1, -0.05) is 140 Å². The van der Waals surface area contributed by atoms with Crippen molar-refractivity contribution in [2.24, 2.45) is 0 Å². The zero-order chi connectivity index (χ0) is 35.3. The quantitative estimate of drug-likeness (QED) is 0.173. The molecule has 0 aliphatic heterocycles. The number of benzene rings is 10. The van der Waals surface area contributed by atoms with Crippen molar-refractivity contribution in [2.75, 3.05) is 0 Å². The standard InChI is InChI=1S/C52H30O2/c1-2-12-37-31(10-1)11-9-18-39(37)50-42-15-5-3-13-40(42)49(41-14-4-6-16-43(41)50)36-23-22-32-28-33(20-21-34(32)29-36)35-24-25-38-44-26-27-47-51(52(44)54-48(38)30-35)45-17-7-8-19-46(45)53-47/h1-30H. The predicted octanol–water partition coefficient (Wildman–Crippen LogP) is 15.1. The van der Waals surface area contributed by atoms with E-state index in [9.17, 15) is 0 Å². The minimum Gasteiger partial charge on any atom is -0.456 e. The minimum absolute atomic E-state index is 0.846. The number of fused-ring (bicyclic) bond motifs is 11. The van der Waals surface area contributed by atoms with Gasteiger partial charge in [-0.3, -0.25) is 0 Å². The van der Waals surface area contributed by atoms with Crippen LogP contribution in [0.15, 0.2) is 191 Å². The van der Waals surface area contributed by atoms with Crippen molar-refractivity contribution in [1.82, 2.24) is 0 Å². The third-order valence-corrected chi connectivity index (χ3v) is 11.4. The van der Waals surface area contributed by atoms with Crippen LogP contribution in [0.5, 0.6) is 0 Å². The molecule has 2 heterocycles. The molecule has 2 nitrogen and oxygen atoms in total. The normalized spacial score (nSPS) is 12.1. The van der Waals surface area contributed by atoms with Gasteiger partial charge in [-0.2, -0.15) is 0 Å². The Morgan fingerprint density at radius 2 is 0.852 bits per heavy atom. The topological polar surface area (TPSA) is 26.3 Å². The maximum atomic E-state index is 6.61. The van der Waals surface area contributed by atoms with Crippen molar-refractivity contribution in [3.8, 4) is 33.4 Å². The summed E-state index contributed by atoms with van der Waals surface area (Å²) in [4.78, 5) is 0. The molecule has 0 saturated heterocycles. The Labute approximate surface area is 310 Å². The molecule has 10 aromatic carbocycles. The SMILES string of the molecule is c1ccc2c(-c3c4ccccc4c(-c4ccc5cc(-c6ccc7c(c6)oc6c7ccc7oc8ccccc8c76)ccc5c4)c4ccccc34)cccc2c1. The summed E-state index contributed by atoms with van der Waals surface area (Å²) >= 11 is 0. The Bertz CT molecular complexity index is 3440. The fraction of sp³-hybridized carbons (Fsp3) is 0. The molecule has 0 amide bonds. The van der Waals surface area contributed by atoms with Crippen LogP contribution in [0.3, 0.4) is 0 Å². The molecule has 0 N–H and O–H groups in total. The second-order valence-electron chi connectivity index (χ2n) is 14.4. The summed E-state index contributed by atoms with van der Waals surface area (Å²) < 4.78 is 12.8. The lowest BCUT2D eigenvalue weighted by Gasteiger charge is -2.19. The van der Waals surface area contributed by atoms with E-state index in [0.717, 1.165) is 55.0 Å². The molecule has 2 heteroatoms. The lowest BCUT2D eigenvalue weighted by molar-refractivity contribution is 0.663. The van der Waals surface area contributed by atoms with Crippen LogP contribution < -0.4 is 0 Å². The summed E-state index contributed by atoms with van der Waals surface area (Å²) in [5.74, 6) is 0. The smallest absolute Gasteiger partial charge is 0.147 e. The lowest BCUT2D eigenvalue weighted by atomic mass is 9.84. The summed E-state index contributed by atoms with van der Waals surface area (Å²) in [6.07, 6.45) is 0. The average Bonchev–Trinajstić information content (AvgIpc) is 3.80. The van der Waals surface area contributed by atoms with Gasteiger partial charge in [-0.15, -0.1) is 0 Å². The Hall–Kier alpha value is -7.16. The van der Waals surface area contributed by atoms with E-state index in [1.807, 2.05) is 18.2 Å². The highest BCUT2D eigenvalue weighted by molar-refractivity contribution is 6.24. The van der Waals surface area contributed by atoms with E-state index in [-0.39, 0.29) is 0 Å². The van der Waals surface area contributed by atoms with Gasteiger partial charge in [0.05, 0.1) is 5.39 Å². The first kappa shape index (κ1) is 29.4. The van der Waals surface area contributed by atoms with Crippen molar-refractivity contribution in [3.63, 3.8) is 0 Å². The van der Waals surface area contributed by atoms with Gasteiger partial charge in [0, 0.05) is 16.2 Å². The molecule has 0 radical (unpaired) electrons. The predicted molar refractivity (Wildman–Crippen MR) is 227 cm³/mol. The largest absolute Gasteiger partial charge is 0.456 e. The highest BCUT2D eigenvalue weighted by Crippen LogP contribution is 2.46. The highest BCUT2D eigenvalue weighted by atomic mass is 16.3. The molecule has 12 rings (SSSR count). The fourth-order valence-corrected chi connectivity index (χ4v) is 8.98. The molecular weight excluding hydrogens is 657 g/mol. The molecule has 54 heavy (non-hydrogen) atoms. The van der Waals surface area contributed by atoms with Gasteiger partial charge in [0.1, 0.15) is 22.3 Å². The van der Waals surface area contributed by atoms with Crippen LogP contribution >= 0.6 is 0 Å². The van der Waals surface area contributed by atoms with Crippen molar-refractivity contribution in [1.29, 1.82) is 0 Å². The molecule has 2 aromatic heterocycles. The van der Waals surface area contributed by atoms with Crippen molar-refractivity contribution >= 4 is 87.0 Å². The van der Waals surface area contributed by atoms with Crippen LogP contribution in [0, 0.1) is 0 Å². The summed E-state index contributed by atoms with van der Waals surface area (Å²) in [5.41, 5.74) is 10.8. The maximum Gasteiger partial charge on any atom is 0.147 e. The first-order valence-electron chi connectivity index (χ1n) is 18.5. The van der Waals surface area contributed by atoms with Crippen LogP contribution in [-0.4, -0.2) is 0 Å². The molecule has 0 bridgehead atoms. The summed E-state index contributed by atoms with van der Waals surface area (Å²) in [6.45, 7) is 0. The Balaban J connectivity index is 0.996. The third kappa shape index (κ3) is 4.22. The highest BCUT2D eigenvalue weighted by Gasteiger charge is 2.19. The van der Waals surface area contributed by atoms with Crippen LogP contribution in [0.1, 0.15) is 0 Å². The van der Waals surface area contributed by atoms with Gasteiger partial charge in [0.15, 0.2) is 0 Å². The number of furan rings is 2. The Morgan fingerprint density at radius 3 is 1.63 bits per heavy atom. The van der Waals surface area contributed by atoms with Gasteiger partial charge in [0.2, 0.25) is 0 Å². The maximum absolute atomic E-state index is 6.61. The van der Waals surface area contributed by atoms with Gasteiger partial charge >= 0.3 is 0 Å². The summed E-state index contributed by atoms with van der Waals surface area (Å²) in [5, 5.41) is 14.3. The molecule has 250 valence electrons. The van der Waals surface area contributed by atoms with Gasteiger partial charge in [-0.05, 0) is 119 Å². The molecule has 0 aliphatic carbocycles. The molecule has 12 aromatic rings. The van der Waals surface area contributed by atoms with E-state index in [4.69, 9.17) is 8.83 Å². The zero-order valence-corrected chi connectivity index (χ0v) is 29.1. The minimum atomic E-state index is 0.846. The van der Waals surface area contributed by atoms with Crippen molar-refractivity contribution in [2.45, 2.75) is 0 Å². The average molecular weight is 687 g/mol. The van der Waals surface area contributed by atoms with Crippen molar-refractivity contribution in [3.05, 3.63) is 182 Å². The first-order valence-corrected chi connectivity index (χ1v) is 18.5. The van der Waals surface area contributed by atoms with Crippen LogP contribution in [0.4, 0.5) is 0 Å². The van der Waals surface area contributed by atoms with E-state index in [2.05, 4.69) is 164 Å². The molecular formula is C52H30O2. The molecule has 0 unspecified atom stereocenters. The first-order chi connectivity index (χ1) is 26.8. The Kier molecular flexibility index (Phi) is 6.09. The molecule has 0 atom stereocenters. The number of para-hydroxylation sites is 1. The second-order valence-corrected chi connectivity index (χ2v) is 14.4. The lowest BCUT2D eigenvalue weighted by Crippen LogP contribution is -1.91. The fourth-order valence-electron chi connectivity index (χ4n) is 8.98. The number of hydrogen-bond acceptors (Lipinski definition) is 2. The number of hydrogen-bond donors (Lipinski definition) is 0. The third-order valence-electron chi connectivity index (χ3n) is 11.4. The van der Waals surface area contributed by atoms with Crippen LogP contribution in [-0.2, 0) is 0 Å². The van der Waals surface area contributed by atoms with E-state index in [0.29, 0.717) is 0 Å². The Morgan fingerprint density at radius 1 is 0.278 bits per heavy atom. The van der Waals surface area contributed by atoms with Gasteiger partial charge < -0.3 is 8.83 Å². The second kappa shape index (κ2) is 11.2. The molecule has 0 aliphatic rings. The number of rotatable bonds is 3. The monoisotopic (exact) mass is 686 g/mol. The van der Waals surface area contributed by atoms with E-state index < -0.39 is 0 Å². The molecule has 0 spiro atoms.